The van der Waals surface area contributed by atoms with Gasteiger partial charge in [-0.3, -0.25) is 9.59 Å². The maximum Gasteiger partial charge on any atom is 0.233 e. The lowest BCUT2D eigenvalue weighted by molar-refractivity contribution is -0.130. The molecule has 0 spiro atoms. The third-order valence-corrected chi connectivity index (χ3v) is 5.44. The van der Waals surface area contributed by atoms with Gasteiger partial charge in [0.2, 0.25) is 11.8 Å². The van der Waals surface area contributed by atoms with Crippen molar-refractivity contribution in [2.75, 3.05) is 26.7 Å². The fourth-order valence-corrected chi connectivity index (χ4v) is 3.69. The van der Waals surface area contributed by atoms with Crippen molar-refractivity contribution < 1.29 is 12.4 Å². The molecule has 0 aliphatic heterocycles. The summed E-state index contributed by atoms with van der Waals surface area (Å²) in [6, 6.07) is 0.440. The van der Waals surface area contributed by atoms with E-state index in [0.29, 0.717) is 24.9 Å². The smallest absolute Gasteiger partial charge is 0.233 e. The van der Waals surface area contributed by atoms with E-state index in [-0.39, 0.29) is 14.7 Å². The lowest BCUT2D eigenvalue weighted by Gasteiger charge is -2.31. The molecule has 0 saturated heterocycles. The van der Waals surface area contributed by atoms with Gasteiger partial charge < -0.3 is 15.5 Å². The van der Waals surface area contributed by atoms with Gasteiger partial charge in [0.1, 0.15) is 0 Å². The number of nitrogens with one attached hydrogen (secondary N) is 2. The summed E-state index contributed by atoms with van der Waals surface area (Å²) in [6.45, 7) is 8.51. The molecule has 0 aromatic rings. The predicted molar refractivity (Wildman–Crippen MR) is 112 cm³/mol. The summed E-state index contributed by atoms with van der Waals surface area (Å²) < 4.78 is 0. The van der Waals surface area contributed by atoms with Gasteiger partial charge in [-0.25, -0.2) is 0 Å². The maximum atomic E-state index is 11.9. The molecule has 0 radical (unpaired) electrons. The molecule has 0 atom stereocenters. The Balaban J connectivity index is 0. The van der Waals surface area contributed by atoms with Crippen molar-refractivity contribution >= 4 is 11.8 Å². The Kier molecular flexibility index (Phi) is 11.6. The first kappa shape index (κ1) is 22.9. The molecule has 1 fully saturated rings. The molecular formula is C21H45N3O2. The fourth-order valence-electron chi connectivity index (χ4n) is 3.69. The summed E-state index contributed by atoms with van der Waals surface area (Å²) in [5.41, 5.74) is 0. The number of rotatable bonds is 12. The zero-order chi connectivity index (χ0) is 19.4. The molecule has 0 bridgehead atoms. The van der Waals surface area contributed by atoms with E-state index in [1.54, 1.807) is 0 Å². The van der Waals surface area contributed by atoms with E-state index in [4.69, 9.17) is 0 Å². The third kappa shape index (κ3) is 10.1. The van der Waals surface area contributed by atoms with Crippen LogP contribution in [0.1, 0.15) is 81.4 Å². The first-order chi connectivity index (χ1) is 12.4. The Bertz CT molecular complexity index is 414. The standard InChI is InChI=1S/C21H41N3O2.2H2/c1-5-21(26)24(4)16-18-10-12-19(13-11-18)23-15-20(25)22-14-8-6-7-9-17(2)3;;/h17-19,23H,5-16H2,1-4H3,(H,22,25);2*1H. The molecule has 0 aromatic heterocycles. The van der Waals surface area contributed by atoms with E-state index in [1.165, 1.54) is 19.3 Å². The van der Waals surface area contributed by atoms with E-state index < -0.39 is 0 Å². The first-order valence-electron chi connectivity index (χ1n) is 10.7. The molecule has 2 amide bonds. The van der Waals surface area contributed by atoms with Crippen LogP contribution in [-0.4, -0.2) is 49.4 Å². The van der Waals surface area contributed by atoms with E-state index in [9.17, 15) is 9.59 Å². The van der Waals surface area contributed by atoms with Gasteiger partial charge in [0.15, 0.2) is 0 Å². The summed E-state index contributed by atoms with van der Waals surface area (Å²) in [6.07, 6.45) is 9.86. The number of carbonyl (C=O) groups is 2. The van der Waals surface area contributed by atoms with Crippen molar-refractivity contribution in [3.63, 3.8) is 0 Å². The van der Waals surface area contributed by atoms with Crippen molar-refractivity contribution in [2.24, 2.45) is 11.8 Å². The molecule has 26 heavy (non-hydrogen) atoms. The minimum absolute atomic E-state index is 0. The van der Waals surface area contributed by atoms with Crippen LogP contribution in [0, 0.1) is 11.8 Å². The zero-order valence-electron chi connectivity index (χ0n) is 17.5. The average molecular weight is 372 g/mol. The van der Waals surface area contributed by atoms with E-state index in [0.717, 1.165) is 51.1 Å². The zero-order valence-corrected chi connectivity index (χ0v) is 17.5. The third-order valence-electron chi connectivity index (χ3n) is 5.44. The number of nitrogens with zero attached hydrogens (tertiary/aromatic N) is 1. The fraction of sp³-hybridized carbons (Fsp3) is 0.905. The van der Waals surface area contributed by atoms with E-state index in [2.05, 4.69) is 24.5 Å². The molecule has 1 rings (SSSR count). The van der Waals surface area contributed by atoms with Crippen molar-refractivity contribution in [1.82, 2.24) is 15.5 Å². The van der Waals surface area contributed by atoms with Gasteiger partial charge in [0, 0.05) is 35.5 Å². The molecule has 2 N–H and O–H groups in total. The average Bonchev–Trinajstić information content (AvgIpc) is 2.63. The summed E-state index contributed by atoms with van der Waals surface area (Å²) in [7, 11) is 1.91. The number of carbonyl (C=O) groups excluding carboxylic acids is 2. The Labute approximate surface area is 163 Å². The molecule has 1 saturated carbocycles. The minimum atomic E-state index is 0. The van der Waals surface area contributed by atoms with Gasteiger partial charge in [-0.15, -0.1) is 0 Å². The molecule has 0 unspecified atom stereocenters. The van der Waals surface area contributed by atoms with Crippen LogP contribution >= 0.6 is 0 Å². The Morgan fingerprint density at radius 3 is 2.42 bits per heavy atom. The highest BCUT2D eigenvalue weighted by Crippen LogP contribution is 2.25. The molecule has 0 heterocycles. The van der Waals surface area contributed by atoms with Gasteiger partial charge in [0.25, 0.3) is 0 Å². The highest BCUT2D eigenvalue weighted by molar-refractivity contribution is 5.78. The highest BCUT2D eigenvalue weighted by atomic mass is 16.2. The normalized spacial score (nSPS) is 20.2. The highest BCUT2D eigenvalue weighted by Gasteiger charge is 2.23. The van der Waals surface area contributed by atoms with Gasteiger partial charge in [-0.2, -0.15) is 0 Å². The summed E-state index contributed by atoms with van der Waals surface area (Å²) in [5, 5.41) is 6.42. The van der Waals surface area contributed by atoms with Crippen molar-refractivity contribution in [1.29, 1.82) is 0 Å². The SMILES string of the molecule is CCC(=O)N(C)CC1CCC(NCC(=O)NCCCCCC(C)C)CC1.[HH].[HH]. The van der Waals surface area contributed by atoms with E-state index in [1.807, 2.05) is 18.9 Å². The van der Waals surface area contributed by atoms with Gasteiger partial charge >= 0.3 is 0 Å². The van der Waals surface area contributed by atoms with Gasteiger partial charge in [-0.1, -0.05) is 40.0 Å². The molecular weight excluding hydrogens is 326 g/mol. The van der Waals surface area contributed by atoms with Crippen LogP contribution in [-0.2, 0) is 9.59 Å². The predicted octanol–water partition coefficient (Wildman–Crippen LogP) is 3.83. The summed E-state index contributed by atoms with van der Waals surface area (Å²) in [4.78, 5) is 25.5. The molecule has 156 valence electrons. The number of amides is 2. The Hall–Kier alpha value is -1.10. The second kappa shape index (κ2) is 13.1. The van der Waals surface area contributed by atoms with E-state index >= 15 is 0 Å². The quantitative estimate of drug-likeness (QED) is 0.513. The Morgan fingerprint density at radius 1 is 1.12 bits per heavy atom. The molecule has 5 nitrogen and oxygen atoms in total. The van der Waals surface area contributed by atoms with Crippen LogP contribution in [0.4, 0.5) is 0 Å². The number of hydrogen-bond acceptors (Lipinski definition) is 3. The second-order valence-corrected chi connectivity index (χ2v) is 8.32. The molecule has 0 aromatic carbocycles. The summed E-state index contributed by atoms with van der Waals surface area (Å²) in [5.74, 6) is 1.72. The number of unbranched alkanes of at least 4 members (excludes halogenated alkanes) is 2. The summed E-state index contributed by atoms with van der Waals surface area (Å²) >= 11 is 0. The number of hydrogen-bond donors (Lipinski definition) is 2. The van der Waals surface area contributed by atoms with Crippen LogP contribution in [0.3, 0.4) is 0 Å². The molecule has 1 aliphatic carbocycles. The topological polar surface area (TPSA) is 61.4 Å². The van der Waals surface area contributed by atoms with Gasteiger partial charge in [0.05, 0.1) is 6.54 Å². The van der Waals surface area contributed by atoms with Crippen molar-refractivity contribution in [3.05, 3.63) is 0 Å². The molecule has 1 aliphatic rings. The second-order valence-electron chi connectivity index (χ2n) is 8.32. The van der Waals surface area contributed by atoms with Crippen molar-refractivity contribution in [2.45, 2.75) is 84.6 Å². The lowest BCUT2D eigenvalue weighted by atomic mass is 9.85. The first-order valence-corrected chi connectivity index (χ1v) is 10.7. The van der Waals surface area contributed by atoms with Crippen LogP contribution in [0.2, 0.25) is 0 Å². The van der Waals surface area contributed by atoms with Crippen LogP contribution in [0.25, 0.3) is 0 Å². The van der Waals surface area contributed by atoms with Crippen LogP contribution < -0.4 is 10.6 Å². The van der Waals surface area contributed by atoms with Crippen LogP contribution in [0.5, 0.6) is 0 Å². The maximum absolute atomic E-state index is 11.9. The monoisotopic (exact) mass is 371 g/mol. The van der Waals surface area contributed by atoms with Crippen LogP contribution in [0.15, 0.2) is 0 Å². The largest absolute Gasteiger partial charge is 0.355 e. The lowest BCUT2D eigenvalue weighted by Crippen LogP contribution is -2.42. The minimum Gasteiger partial charge on any atom is -0.355 e. The van der Waals surface area contributed by atoms with Crippen molar-refractivity contribution in [3.8, 4) is 0 Å². The Morgan fingerprint density at radius 2 is 1.81 bits per heavy atom. The van der Waals surface area contributed by atoms with Gasteiger partial charge in [-0.05, 0) is 43.9 Å². The molecule has 5 heteroatoms.